The number of aryl methyl sites for hydroxylation is 1. The molecule has 1 saturated carbocycles. The van der Waals surface area contributed by atoms with Crippen molar-refractivity contribution in [1.82, 2.24) is 9.88 Å². The van der Waals surface area contributed by atoms with Crippen molar-refractivity contribution in [3.63, 3.8) is 0 Å². The van der Waals surface area contributed by atoms with Gasteiger partial charge < -0.3 is 19.4 Å². The van der Waals surface area contributed by atoms with Crippen LogP contribution in [0.1, 0.15) is 75.4 Å². The van der Waals surface area contributed by atoms with Crippen molar-refractivity contribution in [1.29, 1.82) is 5.26 Å². The number of carbonyl (C=O) groups excluding carboxylic acids is 2. The summed E-state index contributed by atoms with van der Waals surface area (Å²) in [5, 5.41) is 12.5. The molecule has 7 nitrogen and oxygen atoms in total. The second-order valence-corrected chi connectivity index (χ2v) is 8.42. The van der Waals surface area contributed by atoms with E-state index in [1.165, 1.54) is 25.8 Å². The van der Waals surface area contributed by atoms with Crippen molar-refractivity contribution in [3.8, 4) is 6.07 Å². The van der Waals surface area contributed by atoms with E-state index in [4.69, 9.17) is 9.47 Å². The summed E-state index contributed by atoms with van der Waals surface area (Å²) in [4.78, 5) is 25.0. The molecule has 1 aliphatic rings. The molecule has 1 N–H and O–H groups in total. The number of amides is 1. The van der Waals surface area contributed by atoms with Crippen LogP contribution in [0.15, 0.2) is 11.6 Å². The summed E-state index contributed by atoms with van der Waals surface area (Å²) >= 11 is 0. The predicted octanol–water partition coefficient (Wildman–Crippen LogP) is 3.99. The number of nitrogens with one attached hydrogen (secondary N) is 1. The Morgan fingerprint density at radius 2 is 1.90 bits per heavy atom. The molecule has 0 unspecified atom stereocenters. The van der Waals surface area contributed by atoms with E-state index in [2.05, 4.69) is 9.88 Å². The second kappa shape index (κ2) is 11.7. The molecule has 0 aromatic carbocycles. The number of methoxy groups -OCH3 is 1. The van der Waals surface area contributed by atoms with Gasteiger partial charge in [-0.2, -0.15) is 5.26 Å². The minimum atomic E-state index is -0.957. The first-order valence-electron chi connectivity index (χ1n) is 11.1. The Labute approximate surface area is 185 Å². The van der Waals surface area contributed by atoms with Crippen LogP contribution >= 0.6 is 0 Å². The number of nitrogens with zero attached hydrogens (tertiary/aromatic N) is 2. The lowest BCUT2D eigenvalue weighted by molar-refractivity contribution is -0.151. The molecule has 1 aromatic heterocycles. The second-order valence-electron chi connectivity index (χ2n) is 8.42. The van der Waals surface area contributed by atoms with E-state index in [0.29, 0.717) is 6.61 Å². The molecule has 1 fully saturated rings. The molecule has 0 radical (unpaired) electrons. The number of nitriles is 1. The van der Waals surface area contributed by atoms with Crippen LogP contribution in [0.3, 0.4) is 0 Å². The van der Waals surface area contributed by atoms with E-state index < -0.39 is 12.1 Å². The number of aromatic nitrogens is 1. The van der Waals surface area contributed by atoms with Crippen LogP contribution in [0.2, 0.25) is 0 Å². The largest absolute Gasteiger partial charge is 0.448 e. The summed E-state index contributed by atoms with van der Waals surface area (Å²) < 4.78 is 12.7. The van der Waals surface area contributed by atoms with E-state index in [-0.39, 0.29) is 23.6 Å². The van der Waals surface area contributed by atoms with Crippen LogP contribution in [0.4, 0.5) is 0 Å². The molecule has 2 atom stereocenters. The fourth-order valence-electron chi connectivity index (χ4n) is 4.25. The van der Waals surface area contributed by atoms with Gasteiger partial charge in [0.15, 0.2) is 6.10 Å². The van der Waals surface area contributed by atoms with Gasteiger partial charge in [0.05, 0.1) is 12.6 Å². The van der Waals surface area contributed by atoms with Gasteiger partial charge in [-0.1, -0.05) is 25.7 Å². The normalized spacial score (nSPS) is 17.4. The lowest BCUT2D eigenvalue weighted by atomic mass is 10.1. The van der Waals surface area contributed by atoms with Crippen molar-refractivity contribution in [2.24, 2.45) is 0 Å². The summed E-state index contributed by atoms with van der Waals surface area (Å²) in [5.41, 5.74) is 2.58. The summed E-state index contributed by atoms with van der Waals surface area (Å²) in [6.07, 6.45) is 7.05. The van der Waals surface area contributed by atoms with Gasteiger partial charge in [-0.15, -0.1) is 0 Å². The maximum absolute atomic E-state index is 12.6. The zero-order valence-corrected chi connectivity index (χ0v) is 19.4. The molecule has 1 aromatic rings. The third kappa shape index (κ3) is 6.70. The zero-order chi connectivity index (χ0) is 23.0. The molecule has 0 saturated heterocycles. The van der Waals surface area contributed by atoms with Crippen LogP contribution in [-0.2, 0) is 19.1 Å². The van der Waals surface area contributed by atoms with Crippen molar-refractivity contribution < 1.29 is 19.1 Å². The Balaban J connectivity index is 2.07. The van der Waals surface area contributed by atoms with Crippen LogP contribution < -0.4 is 5.32 Å². The Hall–Kier alpha value is -2.59. The van der Waals surface area contributed by atoms with E-state index in [1.54, 1.807) is 7.11 Å². The zero-order valence-electron chi connectivity index (χ0n) is 19.4. The maximum atomic E-state index is 12.6. The number of rotatable bonds is 8. The standard InChI is InChI=1S/C24H35N3O4/c1-16-12-20(18(3)27(16)17(2)15-30-5)13-21(14-25)24(29)31-19(4)23(28)26-22-10-8-6-7-9-11-22/h12-13,17,19,22H,6-11,15H2,1-5H3,(H,26,28)/b21-13+/t17-,19-/m1/s1. The highest BCUT2D eigenvalue weighted by atomic mass is 16.5. The summed E-state index contributed by atoms with van der Waals surface area (Å²) in [6, 6.07) is 4.09. The molecular formula is C24H35N3O4. The molecule has 0 aliphatic heterocycles. The van der Waals surface area contributed by atoms with Crippen LogP contribution in [0.5, 0.6) is 0 Å². The topological polar surface area (TPSA) is 93.3 Å². The van der Waals surface area contributed by atoms with Gasteiger partial charge in [-0.25, -0.2) is 4.79 Å². The average molecular weight is 430 g/mol. The minimum Gasteiger partial charge on any atom is -0.448 e. The summed E-state index contributed by atoms with van der Waals surface area (Å²) in [6.45, 7) is 8.05. The first-order chi connectivity index (χ1) is 14.8. The van der Waals surface area contributed by atoms with Gasteiger partial charge >= 0.3 is 5.97 Å². The first kappa shape index (κ1) is 24.7. The van der Waals surface area contributed by atoms with Crippen molar-refractivity contribution in [2.45, 2.75) is 84.4 Å². The van der Waals surface area contributed by atoms with Crippen molar-refractivity contribution in [2.75, 3.05) is 13.7 Å². The minimum absolute atomic E-state index is 0.123. The Bertz CT molecular complexity index is 842. The lowest BCUT2D eigenvalue weighted by Crippen LogP contribution is -2.42. The maximum Gasteiger partial charge on any atom is 0.349 e. The predicted molar refractivity (Wildman–Crippen MR) is 119 cm³/mol. The average Bonchev–Trinajstić information content (AvgIpc) is 2.88. The fourth-order valence-corrected chi connectivity index (χ4v) is 4.25. The smallest absolute Gasteiger partial charge is 0.349 e. The third-order valence-corrected chi connectivity index (χ3v) is 5.87. The highest BCUT2D eigenvalue weighted by molar-refractivity contribution is 5.99. The van der Waals surface area contributed by atoms with Gasteiger partial charge in [0.2, 0.25) is 0 Å². The highest BCUT2D eigenvalue weighted by Gasteiger charge is 2.24. The van der Waals surface area contributed by atoms with Crippen molar-refractivity contribution in [3.05, 3.63) is 28.6 Å². The van der Waals surface area contributed by atoms with E-state index >= 15 is 0 Å². The van der Waals surface area contributed by atoms with E-state index in [9.17, 15) is 14.9 Å². The monoisotopic (exact) mass is 429 g/mol. The van der Waals surface area contributed by atoms with Gasteiger partial charge in [0, 0.05) is 24.5 Å². The molecule has 1 amide bonds. The Morgan fingerprint density at radius 3 is 2.48 bits per heavy atom. The number of hydrogen-bond donors (Lipinski definition) is 1. The van der Waals surface area contributed by atoms with Gasteiger partial charge in [-0.05, 0) is 58.2 Å². The lowest BCUT2D eigenvalue weighted by Gasteiger charge is -2.19. The molecule has 0 spiro atoms. The Kier molecular flexibility index (Phi) is 9.32. The van der Waals surface area contributed by atoms with E-state index in [1.807, 2.05) is 32.9 Å². The molecule has 1 aliphatic carbocycles. The first-order valence-corrected chi connectivity index (χ1v) is 11.1. The van der Waals surface area contributed by atoms with Crippen LogP contribution in [0.25, 0.3) is 6.08 Å². The molecular weight excluding hydrogens is 394 g/mol. The van der Waals surface area contributed by atoms with Gasteiger partial charge in [-0.3, -0.25) is 4.79 Å². The fraction of sp³-hybridized carbons (Fsp3) is 0.625. The number of esters is 1. The highest BCUT2D eigenvalue weighted by Crippen LogP contribution is 2.23. The number of carbonyl (C=O) groups is 2. The van der Waals surface area contributed by atoms with Gasteiger partial charge in [0.1, 0.15) is 11.6 Å². The molecule has 1 heterocycles. The third-order valence-electron chi connectivity index (χ3n) is 5.87. The van der Waals surface area contributed by atoms with Crippen molar-refractivity contribution >= 4 is 18.0 Å². The van der Waals surface area contributed by atoms with Crippen LogP contribution in [0, 0.1) is 25.2 Å². The number of hydrogen-bond acceptors (Lipinski definition) is 5. The molecule has 31 heavy (non-hydrogen) atoms. The van der Waals surface area contributed by atoms with E-state index in [0.717, 1.165) is 42.6 Å². The molecule has 7 heteroatoms. The molecule has 170 valence electrons. The Morgan fingerprint density at radius 1 is 1.26 bits per heavy atom. The SMILES string of the molecule is COC[C@@H](C)n1c(C)cc(/C=C(\C#N)C(=O)O[C@H](C)C(=O)NC2CCCCCC2)c1C. The summed E-state index contributed by atoms with van der Waals surface area (Å²) in [7, 11) is 1.66. The molecule has 0 bridgehead atoms. The van der Waals surface area contributed by atoms with Crippen LogP contribution in [-0.4, -0.2) is 42.3 Å². The quantitative estimate of drug-likeness (QED) is 0.292. The van der Waals surface area contributed by atoms with Gasteiger partial charge in [0.25, 0.3) is 5.91 Å². The number of ether oxygens (including phenoxy) is 2. The molecule has 2 rings (SSSR count). The summed E-state index contributed by atoms with van der Waals surface area (Å²) in [5.74, 6) is -1.11.